The molecule has 4 rings (SSSR count). The average Bonchev–Trinajstić information content (AvgIpc) is 3.21. The number of carbonyl (C=O) groups excluding carboxylic acids is 3. The molecule has 1 saturated carbocycles. The van der Waals surface area contributed by atoms with E-state index in [2.05, 4.69) is 15.6 Å². The molecular weight excluding hydrogens is 479 g/mol. The minimum absolute atomic E-state index is 0.182. The molecule has 2 aliphatic rings. The molecule has 1 aliphatic heterocycles. The lowest BCUT2D eigenvalue weighted by atomic mass is 9.85. The molecular formula is C27H35FN4O3S. The van der Waals surface area contributed by atoms with E-state index in [-0.39, 0.29) is 30.7 Å². The Morgan fingerprint density at radius 2 is 1.83 bits per heavy atom. The molecule has 1 aromatic carbocycles. The Labute approximate surface area is 215 Å². The van der Waals surface area contributed by atoms with E-state index in [1.54, 1.807) is 16.2 Å². The van der Waals surface area contributed by atoms with Gasteiger partial charge in [0, 0.05) is 6.54 Å². The van der Waals surface area contributed by atoms with Crippen LogP contribution >= 0.6 is 11.3 Å². The molecule has 2 heterocycles. The highest BCUT2D eigenvalue weighted by atomic mass is 32.1. The van der Waals surface area contributed by atoms with E-state index in [0.29, 0.717) is 19.4 Å². The van der Waals surface area contributed by atoms with Crippen LogP contribution in [0.1, 0.15) is 70.7 Å². The lowest BCUT2D eigenvalue weighted by Crippen LogP contribution is -2.59. The highest BCUT2D eigenvalue weighted by molar-refractivity contribution is 7.13. The largest absolute Gasteiger partial charge is 0.348 e. The zero-order valence-corrected chi connectivity index (χ0v) is 22.4. The van der Waals surface area contributed by atoms with Crippen LogP contribution in [-0.4, -0.2) is 51.9 Å². The van der Waals surface area contributed by atoms with Gasteiger partial charge in [-0.1, -0.05) is 45.0 Å². The summed E-state index contributed by atoms with van der Waals surface area (Å²) in [6.45, 7) is 9.82. The van der Waals surface area contributed by atoms with Crippen LogP contribution in [0.3, 0.4) is 0 Å². The first-order valence-electron chi connectivity index (χ1n) is 12.5. The first-order valence-corrected chi connectivity index (χ1v) is 13.4. The summed E-state index contributed by atoms with van der Waals surface area (Å²) in [5, 5.41) is 5.69. The maximum absolute atomic E-state index is 14.3. The van der Waals surface area contributed by atoms with E-state index >= 15 is 0 Å². The number of hydrogen-bond donors (Lipinski definition) is 2. The van der Waals surface area contributed by atoms with E-state index in [0.717, 1.165) is 21.7 Å². The predicted octanol–water partition coefficient (Wildman–Crippen LogP) is 4.32. The van der Waals surface area contributed by atoms with E-state index in [1.165, 1.54) is 0 Å². The van der Waals surface area contributed by atoms with Gasteiger partial charge in [-0.2, -0.15) is 0 Å². The smallest absolute Gasteiger partial charge is 0.258 e. The Kier molecular flexibility index (Phi) is 7.23. The van der Waals surface area contributed by atoms with Crippen molar-refractivity contribution in [1.29, 1.82) is 0 Å². The molecule has 2 unspecified atom stereocenters. The van der Waals surface area contributed by atoms with Crippen molar-refractivity contribution >= 4 is 29.1 Å². The Morgan fingerprint density at radius 1 is 1.17 bits per heavy atom. The van der Waals surface area contributed by atoms with Gasteiger partial charge in [-0.05, 0) is 56.1 Å². The fourth-order valence-corrected chi connectivity index (χ4v) is 5.42. The van der Waals surface area contributed by atoms with Gasteiger partial charge in [0.15, 0.2) is 5.67 Å². The number of rotatable bonds is 7. The number of aryl methyl sites for hydroxylation is 1. The molecule has 2 aromatic rings. The Hall–Kier alpha value is -2.81. The normalized spacial score (nSPS) is 20.5. The third kappa shape index (κ3) is 5.45. The summed E-state index contributed by atoms with van der Waals surface area (Å²) < 4.78 is 14.3. The fraction of sp³-hybridized carbons (Fsp3) is 0.556. The minimum Gasteiger partial charge on any atom is -0.348 e. The molecule has 3 amide bonds. The van der Waals surface area contributed by atoms with Crippen molar-refractivity contribution in [3.8, 4) is 10.4 Å². The van der Waals surface area contributed by atoms with Gasteiger partial charge in [0.1, 0.15) is 12.1 Å². The third-order valence-corrected chi connectivity index (χ3v) is 8.08. The van der Waals surface area contributed by atoms with Crippen LogP contribution in [0.15, 0.2) is 29.8 Å². The van der Waals surface area contributed by atoms with Crippen LogP contribution in [0.4, 0.5) is 4.39 Å². The summed E-state index contributed by atoms with van der Waals surface area (Å²) in [5.41, 5.74) is 2.36. The zero-order valence-electron chi connectivity index (χ0n) is 21.6. The van der Waals surface area contributed by atoms with Gasteiger partial charge in [0.05, 0.1) is 22.1 Å². The number of likely N-dealkylation sites (tertiary alicyclic amines) is 1. The van der Waals surface area contributed by atoms with Crippen molar-refractivity contribution in [3.05, 3.63) is 41.0 Å². The second-order valence-electron chi connectivity index (χ2n) is 11.0. The first kappa shape index (κ1) is 26.3. The highest BCUT2D eigenvalue weighted by Gasteiger charge is 2.53. The number of alkyl halides is 1. The molecule has 0 bridgehead atoms. The van der Waals surface area contributed by atoms with Crippen molar-refractivity contribution < 1.29 is 18.8 Å². The van der Waals surface area contributed by atoms with Gasteiger partial charge in [-0.15, -0.1) is 11.3 Å². The lowest BCUT2D eigenvalue weighted by molar-refractivity contribution is -0.145. The minimum atomic E-state index is -1.87. The molecule has 2 fully saturated rings. The summed E-state index contributed by atoms with van der Waals surface area (Å²) in [5.74, 6) is -1.30. The van der Waals surface area contributed by atoms with Crippen molar-refractivity contribution in [2.75, 3.05) is 6.54 Å². The van der Waals surface area contributed by atoms with Gasteiger partial charge in [0.2, 0.25) is 11.8 Å². The van der Waals surface area contributed by atoms with Gasteiger partial charge < -0.3 is 15.5 Å². The number of carbonyl (C=O) groups is 3. The Morgan fingerprint density at radius 3 is 2.39 bits per heavy atom. The van der Waals surface area contributed by atoms with E-state index in [9.17, 15) is 18.8 Å². The molecule has 1 aliphatic carbocycles. The molecule has 3 atom stereocenters. The van der Waals surface area contributed by atoms with Crippen molar-refractivity contribution in [2.24, 2.45) is 5.41 Å². The molecule has 194 valence electrons. The van der Waals surface area contributed by atoms with E-state index in [4.69, 9.17) is 0 Å². The molecule has 0 spiro atoms. The van der Waals surface area contributed by atoms with E-state index < -0.39 is 29.1 Å². The van der Waals surface area contributed by atoms with Crippen LogP contribution in [0.25, 0.3) is 10.4 Å². The number of benzene rings is 1. The highest BCUT2D eigenvalue weighted by Crippen LogP contribution is 2.40. The van der Waals surface area contributed by atoms with Gasteiger partial charge in [-0.3, -0.25) is 14.4 Å². The Bertz CT molecular complexity index is 1140. The maximum Gasteiger partial charge on any atom is 0.258 e. The van der Waals surface area contributed by atoms with Crippen LogP contribution < -0.4 is 10.6 Å². The number of amides is 3. The SMILES string of the molecule is Cc1ncsc1-c1ccc(C(C)NC(=O)C2CCCN2C(=O)[C@@H](NC(=O)C2(F)CC2)C(C)(C)C)cc1. The molecule has 7 nitrogen and oxygen atoms in total. The standard InChI is InChI=1S/C27H35FN4O3S/c1-16(18-8-10-19(11-9-18)21-17(2)29-15-36-21)30-23(33)20-7-6-14-32(20)24(34)22(26(3,4)5)31-25(35)27(28)12-13-27/h8-11,15-16,20,22H,6-7,12-14H2,1-5H3,(H,30,33)(H,31,35)/t16?,20?,22-/m1/s1. The number of nitrogens with one attached hydrogen (secondary N) is 2. The van der Waals surface area contributed by atoms with E-state index in [1.807, 2.05) is 64.4 Å². The summed E-state index contributed by atoms with van der Waals surface area (Å²) in [7, 11) is 0. The van der Waals surface area contributed by atoms with Crippen LogP contribution in [0.5, 0.6) is 0 Å². The van der Waals surface area contributed by atoms with Gasteiger partial charge in [0.25, 0.3) is 5.91 Å². The van der Waals surface area contributed by atoms with Crippen LogP contribution in [0.2, 0.25) is 0 Å². The molecule has 1 saturated heterocycles. The molecule has 0 radical (unpaired) electrons. The topological polar surface area (TPSA) is 91.4 Å². The van der Waals surface area contributed by atoms with Gasteiger partial charge in [-0.25, -0.2) is 9.37 Å². The third-order valence-electron chi connectivity index (χ3n) is 7.10. The van der Waals surface area contributed by atoms with Crippen LogP contribution in [-0.2, 0) is 14.4 Å². The summed E-state index contributed by atoms with van der Waals surface area (Å²) in [6, 6.07) is 6.26. The maximum atomic E-state index is 14.3. The summed E-state index contributed by atoms with van der Waals surface area (Å²) in [6.07, 6.45) is 1.60. The zero-order chi connectivity index (χ0) is 26.3. The number of hydrogen-bond acceptors (Lipinski definition) is 5. The Balaban J connectivity index is 1.43. The summed E-state index contributed by atoms with van der Waals surface area (Å²) in [4.78, 5) is 46.1. The predicted molar refractivity (Wildman–Crippen MR) is 138 cm³/mol. The molecule has 2 N–H and O–H groups in total. The number of thiazole rings is 1. The molecule has 1 aromatic heterocycles. The first-order chi connectivity index (χ1) is 16.9. The van der Waals surface area contributed by atoms with Crippen LogP contribution in [0, 0.1) is 12.3 Å². The average molecular weight is 515 g/mol. The molecule has 9 heteroatoms. The van der Waals surface area contributed by atoms with Crippen molar-refractivity contribution in [2.45, 2.75) is 84.1 Å². The number of aromatic nitrogens is 1. The second kappa shape index (κ2) is 9.92. The van der Waals surface area contributed by atoms with Crippen molar-refractivity contribution in [3.63, 3.8) is 0 Å². The fourth-order valence-electron chi connectivity index (χ4n) is 4.61. The second-order valence-corrected chi connectivity index (χ2v) is 11.9. The van der Waals surface area contributed by atoms with Crippen molar-refractivity contribution in [1.82, 2.24) is 20.5 Å². The molecule has 36 heavy (non-hydrogen) atoms. The lowest BCUT2D eigenvalue weighted by Gasteiger charge is -2.36. The monoisotopic (exact) mass is 514 g/mol. The summed E-state index contributed by atoms with van der Waals surface area (Å²) >= 11 is 1.59. The number of halogens is 1. The van der Waals surface area contributed by atoms with Gasteiger partial charge >= 0.3 is 0 Å². The quantitative estimate of drug-likeness (QED) is 0.576. The number of nitrogens with zero attached hydrogens (tertiary/aromatic N) is 2.